The van der Waals surface area contributed by atoms with Crippen LogP contribution in [0.15, 0.2) is 24.9 Å². The number of rotatable bonds is 6. The fourth-order valence-corrected chi connectivity index (χ4v) is 2.89. The van der Waals surface area contributed by atoms with Gasteiger partial charge in [0.1, 0.15) is 0 Å². The summed E-state index contributed by atoms with van der Waals surface area (Å²) < 4.78 is 9.89. The molecule has 3 heterocycles. The molecule has 1 aliphatic heterocycles. The third kappa shape index (κ3) is 2.95. The first-order chi connectivity index (χ1) is 10.4. The topological polar surface area (TPSA) is 56.9 Å². The highest BCUT2D eigenvalue weighted by Gasteiger charge is 2.25. The zero-order chi connectivity index (χ0) is 14.1. The van der Waals surface area contributed by atoms with Crippen molar-refractivity contribution in [3.8, 4) is 0 Å². The predicted octanol–water partition coefficient (Wildman–Crippen LogP) is 2.21. The second-order valence-electron chi connectivity index (χ2n) is 5.96. The standard InChI is InChI=1S/C15H21N5O/c1-2-15(21-5-1)10-19-9-12(6-18-19)17-8-14-7-16-11-20(14)13-3-4-13/h6-7,9,11,13,15,17H,1-5,8,10H2. The van der Waals surface area contributed by atoms with Crippen LogP contribution in [0.3, 0.4) is 0 Å². The summed E-state index contributed by atoms with van der Waals surface area (Å²) in [7, 11) is 0. The SMILES string of the molecule is c1nn(CC2CCCO2)cc1NCc1cncn1C1CC1. The van der Waals surface area contributed by atoms with Gasteiger partial charge in [-0.2, -0.15) is 5.10 Å². The Morgan fingerprint density at radius 2 is 2.24 bits per heavy atom. The monoisotopic (exact) mass is 287 g/mol. The maximum absolute atomic E-state index is 5.64. The van der Waals surface area contributed by atoms with Crippen molar-refractivity contribution in [2.24, 2.45) is 0 Å². The van der Waals surface area contributed by atoms with E-state index in [0.29, 0.717) is 12.1 Å². The lowest BCUT2D eigenvalue weighted by atomic mass is 10.2. The average molecular weight is 287 g/mol. The molecule has 2 fully saturated rings. The molecule has 21 heavy (non-hydrogen) atoms. The molecule has 112 valence electrons. The summed E-state index contributed by atoms with van der Waals surface area (Å²) in [4.78, 5) is 4.25. The van der Waals surface area contributed by atoms with Crippen molar-refractivity contribution in [3.63, 3.8) is 0 Å². The van der Waals surface area contributed by atoms with Gasteiger partial charge in [-0.1, -0.05) is 0 Å². The number of hydrogen-bond donors (Lipinski definition) is 1. The molecule has 6 heteroatoms. The number of nitrogens with one attached hydrogen (secondary N) is 1. The Bertz CT molecular complexity index is 595. The maximum atomic E-state index is 5.64. The van der Waals surface area contributed by atoms with Crippen molar-refractivity contribution < 1.29 is 4.74 Å². The first-order valence-electron chi connectivity index (χ1n) is 7.77. The summed E-state index contributed by atoms with van der Waals surface area (Å²) in [6.45, 7) is 2.53. The highest BCUT2D eigenvalue weighted by atomic mass is 16.5. The number of ether oxygens (including phenoxy) is 1. The summed E-state index contributed by atoms with van der Waals surface area (Å²) in [5.74, 6) is 0. The minimum Gasteiger partial charge on any atom is -0.377 e. The largest absolute Gasteiger partial charge is 0.377 e. The van der Waals surface area contributed by atoms with E-state index in [0.717, 1.165) is 31.8 Å². The fourth-order valence-electron chi connectivity index (χ4n) is 2.89. The van der Waals surface area contributed by atoms with E-state index in [4.69, 9.17) is 4.74 Å². The zero-order valence-corrected chi connectivity index (χ0v) is 12.1. The molecule has 0 bridgehead atoms. The van der Waals surface area contributed by atoms with E-state index >= 15 is 0 Å². The van der Waals surface area contributed by atoms with Gasteiger partial charge in [0.2, 0.25) is 0 Å². The van der Waals surface area contributed by atoms with Gasteiger partial charge in [-0.15, -0.1) is 0 Å². The van der Waals surface area contributed by atoms with Crippen molar-refractivity contribution in [2.45, 2.75) is 50.9 Å². The second-order valence-corrected chi connectivity index (χ2v) is 5.96. The molecule has 0 amide bonds. The highest BCUT2D eigenvalue weighted by molar-refractivity contribution is 5.38. The zero-order valence-electron chi connectivity index (χ0n) is 12.1. The Morgan fingerprint density at radius 3 is 3.05 bits per heavy atom. The fraction of sp³-hybridized carbons (Fsp3) is 0.600. The summed E-state index contributed by atoms with van der Waals surface area (Å²) in [6.07, 6.45) is 13.0. The Hall–Kier alpha value is -1.82. The average Bonchev–Trinajstić information content (AvgIpc) is 2.94. The van der Waals surface area contributed by atoms with Crippen LogP contribution in [0.4, 0.5) is 5.69 Å². The third-order valence-electron chi connectivity index (χ3n) is 4.21. The van der Waals surface area contributed by atoms with E-state index in [1.54, 1.807) is 0 Å². The summed E-state index contributed by atoms with van der Waals surface area (Å²) in [5, 5.41) is 7.83. The van der Waals surface area contributed by atoms with Gasteiger partial charge in [0.25, 0.3) is 0 Å². The molecule has 1 unspecified atom stereocenters. The lowest BCUT2D eigenvalue weighted by molar-refractivity contribution is 0.0940. The highest BCUT2D eigenvalue weighted by Crippen LogP contribution is 2.35. The van der Waals surface area contributed by atoms with E-state index in [-0.39, 0.29) is 0 Å². The molecule has 4 rings (SSSR count). The molecule has 6 nitrogen and oxygen atoms in total. The number of imidazole rings is 1. The first-order valence-corrected chi connectivity index (χ1v) is 7.77. The minimum atomic E-state index is 0.328. The van der Waals surface area contributed by atoms with Crippen molar-refractivity contribution in [1.82, 2.24) is 19.3 Å². The summed E-state index contributed by atoms with van der Waals surface area (Å²) in [6, 6.07) is 0.673. The van der Waals surface area contributed by atoms with Crippen LogP contribution in [0.2, 0.25) is 0 Å². The lowest BCUT2D eigenvalue weighted by Crippen LogP contribution is -2.15. The number of anilines is 1. The van der Waals surface area contributed by atoms with Crippen molar-refractivity contribution in [2.75, 3.05) is 11.9 Å². The number of aromatic nitrogens is 4. The van der Waals surface area contributed by atoms with Gasteiger partial charge in [-0.05, 0) is 25.7 Å². The van der Waals surface area contributed by atoms with Crippen LogP contribution in [0, 0.1) is 0 Å². The van der Waals surface area contributed by atoms with E-state index in [1.165, 1.54) is 25.0 Å². The van der Waals surface area contributed by atoms with Crippen LogP contribution in [-0.4, -0.2) is 32.0 Å². The van der Waals surface area contributed by atoms with Crippen LogP contribution in [-0.2, 0) is 17.8 Å². The van der Waals surface area contributed by atoms with Crippen LogP contribution in [0.1, 0.15) is 37.4 Å². The summed E-state index contributed by atoms with van der Waals surface area (Å²) >= 11 is 0. The smallest absolute Gasteiger partial charge is 0.0951 e. The molecule has 0 spiro atoms. The van der Waals surface area contributed by atoms with Gasteiger partial charge in [0.05, 0.1) is 43.1 Å². The maximum Gasteiger partial charge on any atom is 0.0951 e. The molecule has 0 aromatic carbocycles. The first kappa shape index (κ1) is 12.9. The molecule has 2 aromatic rings. The molecule has 1 N–H and O–H groups in total. The second kappa shape index (κ2) is 5.52. The van der Waals surface area contributed by atoms with Crippen LogP contribution < -0.4 is 5.32 Å². The number of nitrogens with zero attached hydrogens (tertiary/aromatic N) is 4. The van der Waals surface area contributed by atoms with Gasteiger partial charge in [0.15, 0.2) is 0 Å². The van der Waals surface area contributed by atoms with Crippen LogP contribution in [0.25, 0.3) is 0 Å². The van der Waals surface area contributed by atoms with E-state index in [2.05, 4.69) is 26.2 Å². The molecular weight excluding hydrogens is 266 g/mol. The molecule has 1 saturated carbocycles. The Balaban J connectivity index is 1.34. The molecule has 1 saturated heterocycles. The Kier molecular flexibility index (Phi) is 3.39. The quantitative estimate of drug-likeness (QED) is 0.885. The predicted molar refractivity (Wildman–Crippen MR) is 79.0 cm³/mol. The van der Waals surface area contributed by atoms with Crippen LogP contribution >= 0.6 is 0 Å². The molecule has 1 atom stereocenters. The van der Waals surface area contributed by atoms with Gasteiger partial charge in [0, 0.05) is 25.0 Å². The van der Waals surface area contributed by atoms with Gasteiger partial charge >= 0.3 is 0 Å². The Morgan fingerprint density at radius 1 is 1.29 bits per heavy atom. The van der Waals surface area contributed by atoms with E-state index < -0.39 is 0 Å². The molecule has 2 aromatic heterocycles. The van der Waals surface area contributed by atoms with Gasteiger partial charge < -0.3 is 14.6 Å². The van der Waals surface area contributed by atoms with Crippen molar-refractivity contribution >= 4 is 5.69 Å². The van der Waals surface area contributed by atoms with Gasteiger partial charge in [-0.3, -0.25) is 4.68 Å². The normalized spacial score (nSPS) is 21.8. The lowest BCUT2D eigenvalue weighted by Gasteiger charge is -2.09. The Labute approximate surface area is 124 Å². The number of hydrogen-bond acceptors (Lipinski definition) is 4. The van der Waals surface area contributed by atoms with Crippen LogP contribution in [0.5, 0.6) is 0 Å². The minimum absolute atomic E-state index is 0.328. The van der Waals surface area contributed by atoms with Crippen molar-refractivity contribution in [1.29, 1.82) is 0 Å². The van der Waals surface area contributed by atoms with Gasteiger partial charge in [-0.25, -0.2) is 4.98 Å². The summed E-state index contributed by atoms with van der Waals surface area (Å²) in [5.41, 5.74) is 2.29. The molecule has 1 aliphatic carbocycles. The molecular formula is C15H21N5O. The molecule has 2 aliphatic rings. The van der Waals surface area contributed by atoms with E-state index in [9.17, 15) is 0 Å². The molecule has 0 radical (unpaired) electrons. The van der Waals surface area contributed by atoms with Crippen molar-refractivity contribution in [3.05, 3.63) is 30.6 Å². The third-order valence-corrected chi connectivity index (χ3v) is 4.21. The van der Waals surface area contributed by atoms with E-state index in [1.807, 2.05) is 23.4 Å².